The van der Waals surface area contributed by atoms with E-state index in [1.807, 2.05) is 0 Å². The van der Waals surface area contributed by atoms with Crippen LogP contribution in [0.1, 0.15) is 72.1 Å². The van der Waals surface area contributed by atoms with Gasteiger partial charge in [-0.15, -0.1) is 0 Å². The number of rotatable bonds is 3. The molecule has 3 saturated carbocycles. The molecule has 0 heterocycles. The van der Waals surface area contributed by atoms with Crippen LogP contribution in [0.4, 0.5) is 0 Å². The Balaban J connectivity index is 1.56. The lowest BCUT2D eigenvalue weighted by Crippen LogP contribution is -2.55. The number of nitrogens with one attached hydrogen (secondary N) is 1. The van der Waals surface area contributed by atoms with Crippen molar-refractivity contribution in [3.63, 3.8) is 0 Å². The second-order valence-corrected chi connectivity index (χ2v) is 10.9. The molecule has 0 saturated heterocycles. The topological polar surface area (TPSA) is 15.3 Å². The lowest BCUT2D eigenvalue weighted by molar-refractivity contribution is -0.104. The van der Waals surface area contributed by atoms with Crippen LogP contribution in [-0.4, -0.2) is 38.1 Å². The van der Waals surface area contributed by atoms with Gasteiger partial charge in [-0.25, -0.2) is 0 Å². The van der Waals surface area contributed by atoms with Gasteiger partial charge in [0.05, 0.1) is 0 Å². The third-order valence-corrected chi connectivity index (χ3v) is 9.94. The van der Waals surface area contributed by atoms with Crippen molar-refractivity contribution in [3.8, 4) is 0 Å². The fourth-order valence-electron chi connectivity index (χ4n) is 8.05. The van der Waals surface area contributed by atoms with Gasteiger partial charge >= 0.3 is 0 Å². The molecule has 3 fully saturated rings. The Labute approximate surface area is 162 Å². The summed E-state index contributed by atoms with van der Waals surface area (Å²) in [6, 6.07) is 1.37. The molecule has 0 spiro atoms. The fourth-order valence-corrected chi connectivity index (χ4v) is 8.05. The van der Waals surface area contributed by atoms with Gasteiger partial charge in [0.1, 0.15) is 0 Å². The highest BCUT2D eigenvalue weighted by Crippen LogP contribution is 2.66. The minimum Gasteiger partial charge on any atom is -0.317 e. The average molecular weight is 359 g/mol. The molecular formula is C24H42N2. The van der Waals surface area contributed by atoms with E-state index in [4.69, 9.17) is 0 Å². The first-order valence-electron chi connectivity index (χ1n) is 11.4. The van der Waals surface area contributed by atoms with Gasteiger partial charge in [-0.3, -0.25) is 0 Å². The van der Waals surface area contributed by atoms with Crippen molar-refractivity contribution >= 4 is 0 Å². The molecule has 2 heteroatoms. The van der Waals surface area contributed by atoms with E-state index in [-0.39, 0.29) is 0 Å². The zero-order chi connectivity index (χ0) is 18.7. The van der Waals surface area contributed by atoms with Gasteiger partial charge in [-0.05, 0) is 114 Å². The molecule has 0 aromatic carbocycles. The van der Waals surface area contributed by atoms with E-state index in [1.54, 1.807) is 5.57 Å². The Morgan fingerprint density at radius 1 is 1.08 bits per heavy atom. The quantitative estimate of drug-likeness (QED) is 0.706. The summed E-state index contributed by atoms with van der Waals surface area (Å²) >= 11 is 0. The van der Waals surface area contributed by atoms with Gasteiger partial charge in [0.2, 0.25) is 0 Å². The number of hydrogen-bond donors (Lipinski definition) is 1. The molecule has 26 heavy (non-hydrogen) atoms. The molecule has 0 amide bonds. The predicted molar refractivity (Wildman–Crippen MR) is 111 cm³/mol. The fraction of sp³-hybridized carbons (Fsp3) is 0.917. The summed E-state index contributed by atoms with van der Waals surface area (Å²) in [6.07, 6.45) is 14.2. The monoisotopic (exact) mass is 358 g/mol. The normalized spacial score (nSPS) is 49.2. The molecule has 4 aliphatic rings. The van der Waals surface area contributed by atoms with Crippen LogP contribution < -0.4 is 5.32 Å². The maximum Gasteiger partial charge on any atom is 0.0278 e. The van der Waals surface area contributed by atoms with Crippen LogP contribution in [-0.2, 0) is 0 Å². The third-order valence-electron chi connectivity index (χ3n) is 9.94. The first-order chi connectivity index (χ1) is 12.3. The Kier molecular flexibility index (Phi) is 4.84. The second-order valence-electron chi connectivity index (χ2n) is 10.9. The second kappa shape index (κ2) is 6.62. The molecule has 0 bridgehead atoms. The summed E-state index contributed by atoms with van der Waals surface area (Å²) in [5.41, 5.74) is 2.85. The summed E-state index contributed by atoms with van der Waals surface area (Å²) in [5.74, 6) is 3.84. The zero-order valence-electron chi connectivity index (χ0n) is 18.1. The lowest BCUT2D eigenvalue weighted by atomic mass is 9.44. The molecule has 1 N–H and O–H groups in total. The average Bonchev–Trinajstić information content (AvgIpc) is 2.97. The first-order valence-corrected chi connectivity index (χ1v) is 11.4. The highest BCUT2D eigenvalue weighted by molar-refractivity contribution is 5.29. The van der Waals surface area contributed by atoms with Crippen LogP contribution in [0.3, 0.4) is 0 Å². The minimum absolute atomic E-state index is 0.468. The van der Waals surface area contributed by atoms with Crippen molar-refractivity contribution in [1.29, 1.82) is 0 Å². The molecule has 4 rings (SSSR count). The van der Waals surface area contributed by atoms with E-state index in [2.05, 4.69) is 58.2 Å². The van der Waals surface area contributed by atoms with Crippen LogP contribution in [0, 0.1) is 34.5 Å². The summed E-state index contributed by atoms with van der Waals surface area (Å²) in [6.45, 7) is 7.73. The minimum atomic E-state index is 0.468. The van der Waals surface area contributed by atoms with Crippen LogP contribution >= 0.6 is 0 Å². The van der Waals surface area contributed by atoms with E-state index in [0.717, 1.165) is 29.7 Å². The number of fused-ring (bicyclic) bond motifs is 5. The van der Waals surface area contributed by atoms with Gasteiger partial charge in [0, 0.05) is 12.1 Å². The van der Waals surface area contributed by atoms with Crippen LogP contribution in [0.15, 0.2) is 11.6 Å². The van der Waals surface area contributed by atoms with Crippen molar-refractivity contribution in [2.75, 3.05) is 21.1 Å². The summed E-state index contributed by atoms with van der Waals surface area (Å²) < 4.78 is 0. The first kappa shape index (κ1) is 19.0. The van der Waals surface area contributed by atoms with Crippen molar-refractivity contribution in [2.45, 2.75) is 84.2 Å². The third kappa shape index (κ3) is 2.65. The van der Waals surface area contributed by atoms with Crippen molar-refractivity contribution in [1.82, 2.24) is 10.2 Å². The molecule has 0 aliphatic heterocycles. The van der Waals surface area contributed by atoms with Crippen LogP contribution in [0.2, 0.25) is 0 Å². The van der Waals surface area contributed by atoms with E-state index in [1.165, 1.54) is 51.4 Å². The van der Waals surface area contributed by atoms with E-state index >= 15 is 0 Å². The molecule has 8 unspecified atom stereocenters. The largest absolute Gasteiger partial charge is 0.317 e. The maximum atomic E-state index is 3.59. The van der Waals surface area contributed by atoms with Crippen molar-refractivity contribution < 1.29 is 0 Å². The molecule has 148 valence electrons. The van der Waals surface area contributed by atoms with Gasteiger partial charge in [-0.1, -0.05) is 25.5 Å². The van der Waals surface area contributed by atoms with E-state index in [0.29, 0.717) is 16.9 Å². The van der Waals surface area contributed by atoms with Crippen molar-refractivity contribution in [3.05, 3.63) is 11.6 Å². The highest BCUT2D eigenvalue weighted by atomic mass is 15.1. The molecular weight excluding hydrogens is 316 g/mol. The Morgan fingerprint density at radius 2 is 1.85 bits per heavy atom. The zero-order valence-corrected chi connectivity index (χ0v) is 18.1. The molecule has 0 aromatic rings. The maximum absolute atomic E-state index is 3.59. The SMILES string of the molecule is CNC1CCC2(C)C(CCC3C4CC=C(C(C)N(C)C)C4(C)CCC32)C1. The Hall–Kier alpha value is -0.340. The standard InChI is InChI=1S/C24H42N2/c1-16(26(5)6)20-9-10-21-19-8-7-17-15-18(25-4)11-13-23(17,2)22(19)12-14-24(20,21)3/h9,16-19,21-22,25H,7-8,10-15H2,1-6H3. The smallest absolute Gasteiger partial charge is 0.0278 e. The molecule has 2 nitrogen and oxygen atoms in total. The number of nitrogens with zero attached hydrogens (tertiary/aromatic N) is 1. The molecule has 4 aliphatic carbocycles. The summed E-state index contributed by atoms with van der Waals surface area (Å²) in [4.78, 5) is 2.42. The molecule has 0 radical (unpaired) electrons. The van der Waals surface area contributed by atoms with Gasteiger partial charge in [-0.2, -0.15) is 0 Å². The molecule has 0 aromatic heterocycles. The van der Waals surface area contributed by atoms with Crippen molar-refractivity contribution in [2.24, 2.45) is 34.5 Å². The van der Waals surface area contributed by atoms with Gasteiger partial charge < -0.3 is 10.2 Å². The summed E-state index contributed by atoms with van der Waals surface area (Å²) in [7, 11) is 6.67. The lowest BCUT2D eigenvalue weighted by Gasteiger charge is -2.61. The van der Waals surface area contributed by atoms with Crippen LogP contribution in [0.5, 0.6) is 0 Å². The number of likely N-dealkylation sites (N-methyl/N-ethyl adjacent to an activating group) is 1. The number of allylic oxidation sites excluding steroid dienone is 1. The Morgan fingerprint density at radius 3 is 2.54 bits per heavy atom. The van der Waals surface area contributed by atoms with Gasteiger partial charge in [0.15, 0.2) is 0 Å². The highest BCUT2D eigenvalue weighted by Gasteiger charge is 2.58. The summed E-state index contributed by atoms with van der Waals surface area (Å²) in [5, 5.41) is 3.59. The van der Waals surface area contributed by atoms with Gasteiger partial charge in [0.25, 0.3) is 0 Å². The Bertz CT molecular complexity index is 567. The van der Waals surface area contributed by atoms with E-state index < -0.39 is 0 Å². The molecule has 8 atom stereocenters. The van der Waals surface area contributed by atoms with Crippen LogP contribution in [0.25, 0.3) is 0 Å². The number of hydrogen-bond acceptors (Lipinski definition) is 2. The predicted octanol–water partition coefficient (Wildman–Crippen LogP) is 5.10. The van der Waals surface area contributed by atoms with E-state index in [9.17, 15) is 0 Å².